The van der Waals surface area contributed by atoms with Crippen molar-refractivity contribution in [2.24, 2.45) is 11.8 Å². The molecule has 2 spiro atoms. The van der Waals surface area contributed by atoms with E-state index in [0.717, 1.165) is 29.1 Å². The molecule has 4 aliphatic heterocycles. The van der Waals surface area contributed by atoms with Gasteiger partial charge in [0, 0.05) is 47.1 Å². The van der Waals surface area contributed by atoms with Crippen molar-refractivity contribution in [3.63, 3.8) is 0 Å². The first kappa shape index (κ1) is 41.1. The van der Waals surface area contributed by atoms with Gasteiger partial charge in [-0.2, -0.15) is 0 Å². The predicted molar refractivity (Wildman–Crippen MR) is 202 cm³/mol. The molecule has 14 heteroatoms. The summed E-state index contributed by atoms with van der Waals surface area (Å²) in [4.78, 5) is 83.3. The van der Waals surface area contributed by atoms with Crippen LogP contribution in [0.4, 0.5) is 9.59 Å². The van der Waals surface area contributed by atoms with Crippen LogP contribution in [-0.2, 0) is 22.4 Å². The van der Waals surface area contributed by atoms with E-state index in [1.807, 2.05) is 48.5 Å². The summed E-state index contributed by atoms with van der Waals surface area (Å²) in [6.07, 6.45) is 3.37. The van der Waals surface area contributed by atoms with Gasteiger partial charge < -0.3 is 31.5 Å². The molecule has 4 saturated heterocycles. The van der Waals surface area contributed by atoms with Crippen molar-refractivity contribution in [1.29, 1.82) is 0 Å². The van der Waals surface area contributed by atoms with Crippen molar-refractivity contribution in [2.45, 2.75) is 154 Å². The van der Waals surface area contributed by atoms with Gasteiger partial charge in [-0.15, -0.1) is 0 Å². The zero-order valence-corrected chi connectivity index (χ0v) is 33.6. The van der Waals surface area contributed by atoms with Crippen molar-refractivity contribution in [3.8, 4) is 0 Å². The Hall–Kier alpha value is -4.04. The lowest BCUT2D eigenvalue weighted by Gasteiger charge is -2.56. The van der Waals surface area contributed by atoms with E-state index < -0.39 is 63.1 Å². The first-order chi connectivity index (χ1) is 25.0. The maximum Gasteiger partial charge on any atom is 0.336 e. The molecule has 0 radical (unpaired) electrons. The van der Waals surface area contributed by atoms with E-state index >= 15 is 0 Å². The molecule has 8 atom stereocenters. The third-order valence-electron chi connectivity index (χ3n) is 14.4. The molecule has 0 aliphatic carbocycles. The molecule has 0 bridgehead atoms. The fourth-order valence-corrected chi connectivity index (χ4v) is 10.1. The van der Waals surface area contributed by atoms with Crippen molar-refractivity contribution < 1.29 is 39.0 Å². The minimum Gasteiger partial charge on any atom is -0.478 e. The molecule has 14 nitrogen and oxygen atoms in total. The minimum absolute atomic E-state index is 0.0396. The summed E-state index contributed by atoms with van der Waals surface area (Å²) < 4.78 is 0. The smallest absolute Gasteiger partial charge is 0.336 e. The number of nitrogens with zero attached hydrogens (tertiary/aromatic N) is 2. The molecule has 0 saturated carbocycles. The van der Waals surface area contributed by atoms with Gasteiger partial charge in [0.15, 0.2) is 0 Å². The fourth-order valence-electron chi connectivity index (χ4n) is 10.1. The number of carboxylic acid groups (broad SMARTS) is 2. The standard InChI is InChI=1S/C40H60N6O8/c1-11-35(7)21-39(23(5)37(9,13-3)43-35)31(51)45(33(53)41-39)19-17-25-15-16-27(29(47)48)26(28(25)30(49)50)18-20-46-32(52)40(42-34(46)54)22-36(8,12-2)44-38(10,14-4)24(40)6/h15-16,23-24,43-44H,11-14,17-22H2,1-10H3,(H,41,53)(H,42,54)(H,47,48)(H,49,50). The second kappa shape index (κ2) is 13.9. The first-order valence-corrected chi connectivity index (χ1v) is 19.5. The summed E-state index contributed by atoms with van der Waals surface area (Å²) >= 11 is 0. The van der Waals surface area contributed by atoms with Crippen LogP contribution >= 0.6 is 0 Å². The Morgan fingerprint density at radius 1 is 0.685 bits per heavy atom. The molecule has 4 fully saturated rings. The van der Waals surface area contributed by atoms with Gasteiger partial charge in [0.2, 0.25) is 0 Å². The Morgan fingerprint density at radius 2 is 1.11 bits per heavy atom. The van der Waals surface area contributed by atoms with Crippen LogP contribution in [0, 0.1) is 11.8 Å². The van der Waals surface area contributed by atoms with E-state index in [2.05, 4.69) is 42.0 Å². The van der Waals surface area contributed by atoms with Crippen LogP contribution in [0.1, 0.15) is 140 Å². The second-order valence-electron chi connectivity index (χ2n) is 17.4. The van der Waals surface area contributed by atoms with Gasteiger partial charge in [-0.25, -0.2) is 19.2 Å². The molecule has 5 rings (SSSR count). The van der Waals surface area contributed by atoms with Gasteiger partial charge >= 0.3 is 24.0 Å². The van der Waals surface area contributed by atoms with E-state index in [4.69, 9.17) is 0 Å². The topological polar surface area (TPSA) is 197 Å². The number of carbonyl (C=O) groups is 6. The highest BCUT2D eigenvalue weighted by Crippen LogP contribution is 2.48. The zero-order valence-electron chi connectivity index (χ0n) is 33.6. The molecule has 298 valence electrons. The van der Waals surface area contributed by atoms with Crippen LogP contribution in [0.25, 0.3) is 0 Å². The summed E-state index contributed by atoms with van der Waals surface area (Å²) in [7, 11) is 0. The number of rotatable bonds is 12. The molecule has 1 aromatic carbocycles. The molecular weight excluding hydrogens is 692 g/mol. The Bertz CT molecular complexity index is 1770. The fraction of sp³-hybridized carbons (Fsp3) is 0.700. The molecule has 0 aromatic heterocycles. The molecule has 6 amide bonds. The SMILES string of the molecule is CCC1(C)CC2(NC(=O)N(CCc3ccc(C(=O)O)c(CCN4C(=O)NC5(CC(C)(CC)NC(C)(CC)C5C)C4=O)c3C(=O)O)C2=O)C(C)C(C)(CC)N1. The number of carbonyl (C=O) groups excluding carboxylic acids is 4. The third kappa shape index (κ3) is 6.36. The molecule has 6 N–H and O–H groups in total. The number of imide groups is 2. The second-order valence-corrected chi connectivity index (χ2v) is 17.4. The number of hydrogen-bond donors (Lipinski definition) is 6. The van der Waals surface area contributed by atoms with E-state index in [1.54, 1.807) is 0 Å². The Kier molecular flexibility index (Phi) is 10.6. The average Bonchev–Trinajstić information content (AvgIpc) is 3.49. The number of urea groups is 2. The molecular formula is C40H60N6O8. The van der Waals surface area contributed by atoms with Crippen molar-refractivity contribution in [1.82, 2.24) is 31.1 Å². The summed E-state index contributed by atoms with van der Waals surface area (Å²) in [6, 6.07) is 1.55. The monoisotopic (exact) mass is 752 g/mol. The number of carboxylic acids is 2. The quantitative estimate of drug-likeness (QED) is 0.163. The van der Waals surface area contributed by atoms with Gasteiger partial charge in [-0.1, -0.05) is 47.6 Å². The summed E-state index contributed by atoms with van der Waals surface area (Å²) in [5.41, 5.74) is -4.46. The zero-order chi connectivity index (χ0) is 40.4. The van der Waals surface area contributed by atoms with Crippen LogP contribution < -0.4 is 21.3 Å². The van der Waals surface area contributed by atoms with Gasteiger partial charge in [0.1, 0.15) is 11.1 Å². The van der Waals surface area contributed by atoms with Crippen molar-refractivity contribution in [2.75, 3.05) is 13.1 Å². The van der Waals surface area contributed by atoms with E-state index in [1.165, 1.54) is 12.1 Å². The van der Waals surface area contributed by atoms with Gasteiger partial charge in [-0.3, -0.25) is 19.4 Å². The normalized spacial score (nSPS) is 36.6. The van der Waals surface area contributed by atoms with Crippen LogP contribution in [0.15, 0.2) is 12.1 Å². The highest BCUT2D eigenvalue weighted by Gasteiger charge is 2.65. The lowest BCUT2D eigenvalue weighted by molar-refractivity contribution is -0.139. The van der Waals surface area contributed by atoms with Crippen molar-refractivity contribution >= 4 is 35.8 Å². The van der Waals surface area contributed by atoms with Gasteiger partial charge in [0.25, 0.3) is 11.8 Å². The number of benzene rings is 1. The molecule has 8 unspecified atom stereocenters. The van der Waals surface area contributed by atoms with Gasteiger partial charge in [0.05, 0.1) is 11.1 Å². The number of amides is 6. The Morgan fingerprint density at radius 3 is 1.48 bits per heavy atom. The van der Waals surface area contributed by atoms with E-state index in [9.17, 15) is 39.0 Å². The summed E-state index contributed by atoms with van der Waals surface area (Å²) in [5, 5.41) is 34.2. The summed E-state index contributed by atoms with van der Waals surface area (Å²) in [5.74, 6) is -4.06. The number of hydrogen-bond acceptors (Lipinski definition) is 8. The van der Waals surface area contributed by atoms with Crippen molar-refractivity contribution in [3.05, 3.63) is 34.4 Å². The molecule has 54 heavy (non-hydrogen) atoms. The van der Waals surface area contributed by atoms with Crippen LogP contribution in [-0.4, -0.2) is 102 Å². The van der Waals surface area contributed by atoms with E-state index in [-0.39, 0.29) is 65.9 Å². The predicted octanol–water partition coefficient (Wildman–Crippen LogP) is 4.68. The number of piperidine rings is 2. The largest absolute Gasteiger partial charge is 0.478 e. The maximum absolute atomic E-state index is 14.3. The third-order valence-corrected chi connectivity index (χ3v) is 14.4. The molecule has 4 aliphatic rings. The Balaban J connectivity index is 1.43. The van der Waals surface area contributed by atoms with Crippen LogP contribution in [0.3, 0.4) is 0 Å². The van der Waals surface area contributed by atoms with E-state index in [0.29, 0.717) is 19.3 Å². The Labute approximate surface area is 318 Å². The van der Waals surface area contributed by atoms with Crippen LogP contribution in [0.5, 0.6) is 0 Å². The maximum atomic E-state index is 14.3. The molecule has 1 aromatic rings. The highest BCUT2D eigenvalue weighted by atomic mass is 16.4. The minimum atomic E-state index is -1.39. The number of nitrogens with one attached hydrogen (secondary N) is 4. The van der Waals surface area contributed by atoms with Crippen LogP contribution in [0.2, 0.25) is 0 Å². The first-order valence-electron chi connectivity index (χ1n) is 19.5. The summed E-state index contributed by atoms with van der Waals surface area (Å²) in [6.45, 7) is 19.9. The highest BCUT2D eigenvalue weighted by molar-refractivity contribution is 6.08. The molecule has 4 heterocycles. The lowest BCUT2D eigenvalue weighted by atomic mass is 9.61. The lowest BCUT2D eigenvalue weighted by Crippen LogP contribution is -2.74. The number of aromatic carboxylic acids is 2. The van der Waals surface area contributed by atoms with Gasteiger partial charge in [-0.05, 0) is 96.3 Å². The average molecular weight is 753 g/mol.